The summed E-state index contributed by atoms with van der Waals surface area (Å²) >= 11 is 0. The lowest BCUT2D eigenvalue weighted by atomic mass is 9.86. The standard InChI is InChI=1S/C23H27N3/c1-5-17(13-24)10-21-20(18-8-6-7-9-18)11-19(12-22(21)25-4)23-15(2)14-26-16(23)3/h5,10-12,18,25H,1,6-9,14H2,2-4H3/b17-10+. The van der Waals surface area contributed by atoms with Crippen LogP contribution in [0.5, 0.6) is 0 Å². The third-order valence-electron chi connectivity index (χ3n) is 5.56. The summed E-state index contributed by atoms with van der Waals surface area (Å²) in [6.07, 6.45) is 8.60. The number of aliphatic imine (C=N–C) groups is 1. The highest BCUT2D eigenvalue weighted by atomic mass is 14.8. The third kappa shape index (κ3) is 3.37. The lowest BCUT2D eigenvalue weighted by molar-refractivity contribution is 0.722. The van der Waals surface area contributed by atoms with Crippen LogP contribution in [0.3, 0.4) is 0 Å². The molecule has 1 N–H and O–H groups in total. The first-order valence-electron chi connectivity index (χ1n) is 9.40. The summed E-state index contributed by atoms with van der Waals surface area (Å²) in [6.45, 7) is 8.84. The summed E-state index contributed by atoms with van der Waals surface area (Å²) in [6, 6.07) is 6.78. The van der Waals surface area contributed by atoms with E-state index in [9.17, 15) is 5.26 Å². The molecule has 1 aliphatic carbocycles. The number of nitriles is 1. The Bertz CT molecular complexity index is 856. The van der Waals surface area contributed by atoms with E-state index in [0.717, 1.165) is 23.5 Å². The highest BCUT2D eigenvalue weighted by molar-refractivity contribution is 6.25. The molecular formula is C23H27N3. The summed E-state index contributed by atoms with van der Waals surface area (Å²) in [4.78, 5) is 4.61. The Labute approximate surface area is 156 Å². The Kier molecular flexibility index (Phi) is 5.42. The average molecular weight is 345 g/mol. The van der Waals surface area contributed by atoms with Crippen LogP contribution in [0.4, 0.5) is 5.69 Å². The number of hydrogen-bond acceptors (Lipinski definition) is 3. The van der Waals surface area contributed by atoms with Gasteiger partial charge in [-0.1, -0.05) is 31.6 Å². The van der Waals surface area contributed by atoms with Crippen LogP contribution in [0.25, 0.3) is 11.6 Å². The number of anilines is 1. The summed E-state index contributed by atoms with van der Waals surface area (Å²) in [7, 11) is 1.95. The van der Waals surface area contributed by atoms with Gasteiger partial charge >= 0.3 is 0 Å². The van der Waals surface area contributed by atoms with Crippen molar-refractivity contribution >= 4 is 23.0 Å². The van der Waals surface area contributed by atoms with Gasteiger partial charge in [0.2, 0.25) is 0 Å². The van der Waals surface area contributed by atoms with Gasteiger partial charge in [0.25, 0.3) is 0 Å². The van der Waals surface area contributed by atoms with Crippen LogP contribution >= 0.6 is 0 Å². The second-order valence-electron chi connectivity index (χ2n) is 7.23. The maximum atomic E-state index is 9.37. The molecule has 0 unspecified atom stereocenters. The van der Waals surface area contributed by atoms with Crippen LogP contribution in [0.15, 0.2) is 40.9 Å². The molecule has 0 aromatic heterocycles. The van der Waals surface area contributed by atoms with E-state index in [1.807, 2.05) is 13.1 Å². The molecule has 26 heavy (non-hydrogen) atoms. The van der Waals surface area contributed by atoms with Crippen molar-refractivity contribution in [3.63, 3.8) is 0 Å². The molecule has 0 amide bonds. The van der Waals surface area contributed by atoms with E-state index in [0.29, 0.717) is 11.5 Å². The molecule has 134 valence electrons. The Morgan fingerprint density at radius 3 is 2.58 bits per heavy atom. The number of rotatable bonds is 5. The maximum Gasteiger partial charge on any atom is 0.0991 e. The minimum Gasteiger partial charge on any atom is -0.388 e. The molecule has 0 atom stereocenters. The number of nitrogens with one attached hydrogen (secondary N) is 1. The highest BCUT2D eigenvalue weighted by Gasteiger charge is 2.24. The van der Waals surface area contributed by atoms with Crippen LogP contribution in [0.2, 0.25) is 0 Å². The van der Waals surface area contributed by atoms with Gasteiger partial charge in [-0.25, -0.2) is 0 Å². The van der Waals surface area contributed by atoms with Gasteiger partial charge in [-0.2, -0.15) is 5.26 Å². The summed E-state index contributed by atoms with van der Waals surface area (Å²) < 4.78 is 0. The van der Waals surface area contributed by atoms with Crippen molar-refractivity contribution in [1.29, 1.82) is 5.26 Å². The van der Waals surface area contributed by atoms with E-state index in [1.54, 1.807) is 6.08 Å². The normalized spacial score (nSPS) is 18.1. The van der Waals surface area contributed by atoms with Gasteiger partial charge in [-0.05, 0) is 61.4 Å². The van der Waals surface area contributed by atoms with Crippen LogP contribution in [0.1, 0.15) is 62.1 Å². The van der Waals surface area contributed by atoms with Gasteiger partial charge in [0.05, 0.1) is 18.2 Å². The Balaban J connectivity index is 2.23. The van der Waals surface area contributed by atoms with E-state index < -0.39 is 0 Å². The molecule has 0 spiro atoms. The van der Waals surface area contributed by atoms with Crippen molar-refractivity contribution in [2.75, 3.05) is 18.9 Å². The molecule has 3 rings (SSSR count). The zero-order valence-electron chi connectivity index (χ0n) is 16.0. The topological polar surface area (TPSA) is 48.2 Å². The predicted molar refractivity (Wildman–Crippen MR) is 112 cm³/mol. The van der Waals surface area contributed by atoms with E-state index in [4.69, 9.17) is 0 Å². The molecule has 1 heterocycles. The van der Waals surface area contributed by atoms with Crippen molar-refractivity contribution in [2.24, 2.45) is 4.99 Å². The molecule has 3 heteroatoms. The van der Waals surface area contributed by atoms with Crippen LogP contribution < -0.4 is 5.32 Å². The smallest absolute Gasteiger partial charge is 0.0991 e. The first-order chi connectivity index (χ1) is 12.6. The van der Waals surface area contributed by atoms with Gasteiger partial charge in [0.15, 0.2) is 0 Å². The molecule has 1 fully saturated rings. The van der Waals surface area contributed by atoms with Crippen molar-refractivity contribution < 1.29 is 0 Å². The molecule has 0 radical (unpaired) electrons. The van der Waals surface area contributed by atoms with E-state index >= 15 is 0 Å². The first-order valence-corrected chi connectivity index (χ1v) is 9.40. The van der Waals surface area contributed by atoms with Crippen LogP contribution in [0, 0.1) is 11.3 Å². The van der Waals surface area contributed by atoms with Crippen molar-refractivity contribution in [3.05, 3.63) is 52.6 Å². The lowest BCUT2D eigenvalue weighted by Gasteiger charge is -2.20. The van der Waals surface area contributed by atoms with Gasteiger partial charge in [-0.3, -0.25) is 4.99 Å². The molecule has 2 aliphatic rings. The zero-order chi connectivity index (χ0) is 18.7. The molecule has 0 saturated heterocycles. The Morgan fingerprint density at radius 1 is 1.31 bits per heavy atom. The second kappa shape index (κ2) is 7.74. The van der Waals surface area contributed by atoms with Gasteiger partial charge in [0.1, 0.15) is 0 Å². The van der Waals surface area contributed by atoms with Gasteiger partial charge in [-0.15, -0.1) is 0 Å². The summed E-state index contributed by atoms with van der Waals surface area (Å²) in [5, 5.41) is 12.7. The van der Waals surface area contributed by atoms with Crippen molar-refractivity contribution in [1.82, 2.24) is 0 Å². The quantitative estimate of drug-likeness (QED) is 0.547. The largest absolute Gasteiger partial charge is 0.388 e. The summed E-state index contributed by atoms with van der Waals surface area (Å²) in [5.74, 6) is 0.553. The van der Waals surface area contributed by atoms with Gasteiger partial charge < -0.3 is 5.32 Å². The molecule has 3 nitrogen and oxygen atoms in total. The first kappa shape index (κ1) is 18.2. The Morgan fingerprint density at radius 2 is 2.04 bits per heavy atom. The molecular weight excluding hydrogens is 318 g/mol. The minimum atomic E-state index is 0.553. The monoisotopic (exact) mass is 345 g/mol. The second-order valence-corrected chi connectivity index (χ2v) is 7.23. The van der Waals surface area contributed by atoms with E-state index in [-0.39, 0.29) is 0 Å². The van der Waals surface area contributed by atoms with E-state index in [2.05, 4.69) is 48.9 Å². The lowest BCUT2D eigenvalue weighted by Crippen LogP contribution is -2.05. The molecule has 1 aromatic rings. The maximum absolute atomic E-state index is 9.37. The molecule has 1 aliphatic heterocycles. The molecule has 1 aromatic carbocycles. The van der Waals surface area contributed by atoms with E-state index in [1.165, 1.54) is 48.0 Å². The highest BCUT2D eigenvalue weighted by Crippen LogP contribution is 2.41. The zero-order valence-corrected chi connectivity index (χ0v) is 16.0. The minimum absolute atomic E-state index is 0.553. The molecule has 0 bridgehead atoms. The average Bonchev–Trinajstić information content (AvgIpc) is 3.29. The summed E-state index contributed by atoms with van der Waals surface area (Å²) in [5.41, 5.74) is 9.11. The third-order valence-corrected chi connectivity index (χ3v) is 5.56. The number of allylic oxidation sites excluding steroid dienone is 3. The molecule has 1 saturated carbocycles. The fourth-order valence-corrected chi connectivity index (χ4v) is 4.21. The predicted octanol–water partition coefficient (Wildman–Crippen LogP) is 5.73. The fraction of sp³-hybridized carbons (Fsp3) is 0.391. The van der Waals surface area contributed by atoms with Crippen molar-refractivity contribution in [2.45, 2.75) is 45.4 Å². The van der Waals surface area contributed by atoms with Crippen molar-refractivity contribution in [3.8, 4) is 6.07 Å². The SMILES string of the molecule is C=C/C(C#N)=C\c1c(NC)cc(C2=C(C)CN=C2C)cc1C1CCCC1. The van der Waals surface area contributed by atoms with Crippen LogP contribution in [-0.2, 0) is 0 Å². The fourth-order valence-electron chi connectivity index (χ4n) is 4.21. The number of hydrogen-bond donors (Lipinski definition) is 1. The Hall–Kier alpha value is -2.60. The number of benzene rings is 1. The van der Waals surface area contributed by atoms with Gasteiger partial charge in [0, 0.05) is 29.6 Å². The van der Waals surface area contributed by atoms with Crippen LogP contribution in [-0.4, -0.2) is 19.3 Å². The number of nitrogens with zero attached hydrogens (tertiary/aromatic N) is 2.